The molecule has 5 heteroatoms. The molecule has 1 radical (unpaired) electrons. The third-order valence-corrected chi connectivity index (χ3v) is 3.77. The SMILES string of the molecule is CC1=CCC2=NC(c3nc(-c4cc[c]cc4)cnc3N)=NC2=C1. The van der Waals surface area contributed by atoms with Gasteiger partial charge in [0, 0.05) is 12.0 Å². The second-order valence-corrected chi connectivity index (χ2v) is 5.45. The maximum atomic E-state index is 6.00. The number of amidine groups is 1. The summed E-state index contributed by atoms with van der Waals surface area (Å²) in [5.41, 5.74) is 11.3. The highest BCUT2D eigenvalue weighted by atomic mass is 15.1. The van der Waals surface area contributed by atoms with E-state index < -0.39 is 0 Å². The summed E-state index contributed by atoms with van der Waals surface area (Å²) in [4.78, 5) is 18.0. The van der Waals surface area contributed by atoms with Crippen LogP contribution in [-0.4, -0.2) is 21.5 Å². The maximum Gasteiger partial charge on any atom is 0.182 e. The summed E-state index contributed by atoms with van der Waals surface area (Å²) in [7, 11) is 0. The van der Waals surface area contributed by atoms with Crippen molar-refractivity contribution >= 4 is 17.4 Å². The van der Waals surface area contributed by atoms with Crippen LogP contribution in [0.2, 0.25) is 0 Å². The number of nitrogens with two attached hydrogens (primary N) is 1. The van der Waals surface area contributed by atoms with Crippen molar-refractivity contribution in [3.8, 4) is 11.3 Å². The Balaban J connectivity index is 1.78. The van der Waals surface area contributed by atoms with E-state index in [1.165, 1.54) is 5.57 Å². The molecular weight excluding hydrogens is 286 g/mol. The Hall–Kier alpha value is -3.08. The fraction of sp³-hybridized carbons (Fsp3) is 0.111. The number of hydrogen-bond donors (Lipinski definition) is 1. The Morgan fingerprint density at radius 2 is 2.00 bits per heavy atom. The number of hydrogen-bond acceptors (Lipinski definition) is 5. The Labute approximate surface area is 134 Å². The van der Waals surface area contributed by atoms with Crippen molar-refractivity contribution in [1.82, 2.24) is 9.97 Å². The first-order chi connectivity index (χ1) is 11.2. The van der Waals surface area contributed by atoms with Gasteiger partial charge in [-0.15, -0.1) is 0 Å². The van der Waals surface area contributed by atoms with Crippen molar-refractivity contribution in [1.29, 1.82) is 0 Å². The second-order valence-electron chi connectivity index (χ2n) is 5.45. The minimum atomic E-state index is 0.336. The molecule has 1 aliphatic carbocycles. The molecule has 0 bridgehead atoms. The average molecular weight is 300 g/mol. The molecular formula is C18H14N5. The molecule has 0 saturated heterocycles. The standard InChI is InChI=1S/C18H14N5/c1-11-7-8-13-14(9-11)23-18(22-13)16-17(19)20-10-15(21-16)12-5-3-2-4-6-12/h3-7,9-10H,8H2,1H3,(H2,19,20). The predicted octanol–water partition coefficient (Wildman–Crippen LogP) is 2.96. The number of rotatable bonds is 2. The highest BCUT2D eigenvalue weighted by molar-refractivity contribution is 6.19. The van der Waals surface area contributed by atoms with Gasteiger partial charge in [0.25, 0.3) is 0 Å². The van der Waals surface area contributed by atoms with Crippen molar-refractivity contribution in [2.45, 2.75) is 13.3 Å². The zero-order valence-electron chi connectivity index (χ0n) is 12.6. The smallest absolute Gasteiger partial charge is 0.182 e. The number of nitrogen functional groups attached to an aromatic ring is 1. The van der Waals surface area contributed by atoms with Crippen molar-refractivity contribution in [2.75, 3.05) is 5.73 Å². The van der Waals surface area contributed by atoms with Crippen LogP contribution in [0, 0.1) is 6.07 Å². The molecule has 2 aliphatic rings. The molecule has 1 aromatic carbocycles. The number of aromatic nitrogens is 2. The molecule has 0 saturated carbocycles. The van der Waals surface area contributed by atoms with Crippen LogP contribution in [0.3, 0.4) is 0 Å². The van der Waals surface area contributed by atoms with Crippen molar-refractivity contribution in [2.24, 2.45) is 9.98 Å². The molecule has 0 amide bonds. The van der Waals surface area contributed by atoms with Crippen LogP contribution >= 0.6 is 0 Å². The van der Waals surface area contributed by atoms with Crippen LogP contribution in [0.1, 0.15) is 19.0 Å². The molecule has 1 aliphatic heterocycles. The molecule has 1 aromatic heterocycles. The normalized spacial score (nSPS) is 16.2. The van der Waals surface area contributed by atoms with Crippen molar-refractivity contribution < 1.29 is 0 Å². The number of anilines is 1. The van der Waals surface area contributed by atoms with Gasteiger partial charge in [0.1, 0.15) is 0 Å². The van der Waals surface area contributed by atoms with Gasteiger partial charge < -0.3 is 5.73 Å². The van der Waals surface area contributed by atoms with Gasteiger partial charge >= 0.3 is 0 Å². The summed E-state index contributed by atoms with van der Waals surface area (Å²) in [6.45, 7) is 2.05. The highest BCUT2D eigenvalue weighted by Crippen LogP contribution is 2.25. The van der Waals surface area contributed by atoms with Gasteiger partial charge in [0.2, 0.25) is 0 Å². The fourth-order valence-electron chi connectivity index (χ4n) is 2.55. The lowest BCUT2D eigenvalue weighted by atomic mass is 10.0. The van der Waals surface area contributed by atoms with Gasteiger partial charge in [0.05, 0.1) is 23.3 Å². The van der Waals surface area contributed by atoms with Crippen LogP contribution in [0.15, 0.2) is 63.9 Å². The molecule has 23 heavy (non-hydrogen) atoms. The molecule has 0 spiro atoms. The lowest BCUT2D eigenvalue weighted by molar-refractivity contribution is 1.18. The maximum absolute atomic E-state index is 6.00. The van der Waals surface area contributed by atoms with E-state index in [1.54, 1.807) is 6.20 Å². The van der Waals surface area contributed by atoms with E-state index in [2.05, 4.69) is 39.0 Å². The molecule has 0 fully saturated rings. The Morgan fingerprint density at radius 3 is 2.83 bits per heavy atom. The highest BCUT2D eigenvalue weighted by Gasteiger charge is 2.22. The summed E-state index contributed by atoms with van der Waals surface area (Å²) >= 11 is 0. The lowest BCUT2D eigenvalue weighted by Gasteiger charge is -2.05. The summed E-state index contributed by atoms with van der Waals surface area (Å²) in [5.74, 6) is 0.868. The largest absolute Gasteiger partial charge is 0.382 e. The minimum Gasteiger partial charge on any atom is -0.382 e. The second kappa shape index (κ2) is 5.28. The van der Waals surface area contributed by atoms with E-state index in [1.807, 2.05) is 30.3 Å². The number of allylic oxidation sites excluding steroid dienone is 4. The topological polar surface area (TPSA) is 76.5 Å². The molecule has 2 aromatic rings. The fourth-order valence-corrected chi connectivity index (χ4v) is 2.55. The quantitative estimate of drug-likeness (QED) is 0.926. The average Bonchev–Trinajstić information content (AvgIpc) is 2.99. The van der Waals surface area contributed by atoms with E-state index in [0.29, 0.717) is 17.3 Å². The van der Waals surface area contributed by atoms with Crippen molar-refractivity contribution in [3.05, 3.63) is 65.6 Å². The zero-order chi connectivity index (χ0) is 15.8. The van der Waals surface area contributed by atoms with E-state index in [4.69, 9.17) is 5.73 Å². The number of nitrogens with zero attached hydrogens (tertiary/aromatic N) is 4. The van der Waals surface area contributed by atoms with Crippen LogP contribution in [0.25, 0.3) is 11.3 Å². The third kappa shape index (κ3) is 2.46. The molecule has 5 nitrogen and oxygen atoms in total. The monoisotopic (exact) mass is 300 g/mol. The molecule has 4 rings (SSSR count). The third-order valence-electron chi connectivity index (χ3n) is 3.77. The first kappa shape index (κ1) is 13.6. The Kier molecular flexibility index (Phi) is 3.12. The van der Waals surface area contributed by atoms with Gasteiger partial charge in [-0.25, -0.2) is 20.0 Å². The van der Waals surface area contributed by atoms with E-state index in [0.717, 1.165) is 29.1 Å². The van der Waals surface area contributed by atoms with E-state index in [9.17, 15) is 0 Å². The van der Waals surface area contributed by atoms with Crippen LogP contribution in [0.5, 0.6) is 0 Å². The van der Waals surface area contributed by atoms with Gasteiger partial charge in [-0.05, 0) is 19.1 Å². The Morgan fingerprint density at radius 1 is 1.17 bits per heavy atom. The van der Waals surface area contributed by atoms with Gasteiger partial charge in [-0.1, -0.05) is 35.9 Å². The number of aliphatic imine (C=N–C) groups is 2. The van der Waals surface area contributed by atoms with E-state index in [-0.39, 0.29) is 0 Å². The summed E-state index contributed by atoms with van der Waals surface area (Å²) in [6, 6.07) is 10.5. The lowest BCUT2D eigenvalue weighted by Crippen LogP contribution is -2.07. The van der Waals surface area contributed by atoms with Crippen LogP contribution in [-0.2, 0) is 0 Å². The Bertz CT molecular complexity index is 904. The molecule has 0 unspecified atom stereocenters. The molecule has 111 valence electrons. The zero-order valence-corrected chi connectivity index (χ0v) is 12.6. The summed E-state index contributed by atoms with van der Waals surface area (Å²) < 4.78 is 0. The van der Waals surface area contributed by atoms with Crippen LogP contribution in [0.4, 0.5) is 5.82 Å². The van der Waals surface area contributed by atoms with Gasteiger partial charge in [0.15, 0.2) is 17.3 Å². The van der Waals surface area contributed by atoms with E-state index >= 15 is 0 Å². The summed E-state index contributed by atoms with van der Waals surface area (Å²) in [6.07, 6.45) is 6.60. The minimum absolute atomic E-state index is 0.336. The first-order valence-electron chi connectivity index (χ1n) is 7.35. The molecule has 2 heterocycles. The van der Waals surface area contributed by atoms with Crippen LogP contribution < -0.4 is 5.73 Å². The first-order valence-corrected chi connectivity index (χ1v) is 7.35. The number of benzene rings is 1. The van der Waals surface area contributed by atoms with Gasteiger partial charge in [-0.3, -0.25) is 0 Å². The van der Waals surface area contributed by atoms with Crippen molar-refractivity contribution in [3.63, 3.8) is 0 Å². The number of fused-ring (bicyclic) bond motifs is 1. The van der Waals surface area contributed by atoms with Gasteiger partial charge in [-0.2, -0.15) is 0 Å². The summed E-state index contributed by atoms with van der Waals surface area (Å²) in [5, 5.41) is 0. The molecule has 2 N–H and O–H groups in total. The molecule has 0 atom stereocenters. The predicted molar refractivity (Wildman–Crippen MR) is 91.1 cm³/mol.